The van der Waals surface area contributed by atoms with E-state index in [2.05, 4.69) is 47.3 Å². The number of anilines is 1. The highest BCUT2D eigenvalue weighted by molar-refractivity contribution is 5.91. The van der Waals surface area contributed by atoms with Gasteiger partial charge in [0.2, 0.25) is 0 Å². The van der Waals surface area contributed by atoms with Crippen molar-refractivity contribution in [3.05, 3.63) is 48.5 Å². The van der Waals surface area contributed by atoms with E-state index in [-0.39, 0.29) is 17.4 Å². The fourth-order valence-electron chi connectivity index (χ4n) is 4.45. The Morgan fingerprint density at radius 1 is 1.24 bits per heavy atom. The number of fused-ring (bicyclic) bond motifs is 2. The number of nitrogen functional groups attached to an aromatic ring is 1. The van der Waals surface area contributed by atoms with Crippen molar-refractivity contribution in [2.24, 2.45) is 5.41 Å². The zero-order valence-electron chi connectivity index (χ0n) is 19.3. The minimum absolute atomic E-state index is 0.0459. The molecule has 3 aromatic heterocycles. The number of hydrogen-bond donors (Lipinski definition) is 2. The molecule has 1 saturated heterocycles. The number of aromatic nitrogens is 4. The SMILES string of the molecule is CC(C)(C)COC(=O)N1CCC(c2nc(-c3cc4ccccc4[nH]3)c3c(N)nccn23)CC1. The Bertz CT molecular complexity index is 1270. The van der Waals surface area contributed by atoms with Crippen LogP contribution >= 0.6 is 0 Å². The minimum atomic E-state index is -0.233. The summed E-state index contributed by atoms with van der Waals surface area (Å²) in [4.78, 5) is 27.1. The normalized spacial score (nSPS) is 15.4. The number of carbonyl (C=O) groups excluding carboxylic acids is 1. The minimum Gasteiger partial charge on any atom is -0.449 e. The number of amides is 1. The standard InChI is InChI=1S/C25H30N6O2/c1-25(2,3)15-33-24(32)30-11-8-16(9-12-30)23-29-20(21-22(26)27-10-13-31(21)23)19-14-17-6-4-5-7-18(17)28-19/h4-7,10,13-14,16,28H,8-9,11-12,15H2,1-3H3,(H2,26,27). The van der Waals surface area contributed by atoms with Crippen molar-refractivity contribution in [2.75, 3.05) is 25.4 Å². The van der Waals surface area contributed by atoms with E-state index in [1.54, 1.807) is 11.1 Å². The highest BCUT2D eigenvalue weighted by Crippen LogP contribution is 2.35. The molecule has 172 valence electrons. The number of hydrogen-bond acceptors (Lipinski definition) is 5. The number of likely N-dealkylation sites (tertiary alicyclic amines) is 1. The third-order valence-electron chi connectivity index (χ3n) is 6.14. The van der Waals surface area contributed by atoms with Gasteiger partial charge < -0.3 is 20.4 Å². The maximum atomic E-state index is 12.5. The molecule has 8 nitrogen and oxygen atoms in total. The van der Waals surface area contributed by atoms with Crippen molar-refractivity contribution < 1.29 is 9.53 Å². The topological polar surface area (TPSA) is 102 Å². The van der Waals surface area contributed by atoms with Crippen LogP contribution in [0.15, 0.2) is 42.7 Å². The van der Waals surface area contributed by atoms with Crippen molar-refractivity contribution in [3.8, 4) is 11.4 Å². The molecule has 3 N–H and O–H groups in total. The monoisotopic (exact) mass is 446 g/mol. The molecule has 0 spiro atoms. The van der Waals surface area contributed by atoms with E-state index >= 15 is 0 Å². The van der Waals surface area contributed by atoms with Crippen molar-refractivity contribution in [1.82, 2.24) is 24.3 Å². The predicted octanol–water partition coefficient (Wildman–Crippen LogP) is 4.82. The maximum absolute atomic E-state index is 12.5. The zero-order valence-corrected chi connectivity index (χ0v) is 19.3. The van der Waals surface area contributed by atoms with E-state index in [9.17, 15) is 4.79 Å². The summed E-state index contributed by atoms with van der Waals surface area (Å²) in [6.45, 7) is 7.87. The number of nitrogens with one attached hydrogen (secondary N) is 1. The van der Waals surface area contributed by atoms with Crippen molar-refractivity contribution >= 4 is 28.3 Å². The average molecular weight is 447 g/mol. The number of imidazole rings is 1. The second kappa shape index (κ2) is 8.10. The molecule has 4 heterocycles. The first-order valence-electron chi connectivity index (χ1n) is 11.4. The van der Waals surface area contributed by atoms with Crippen LogP contribution in [0, 0.1) is 5.41 Å². The van der Waals surface area contributed by atoms with E-state index in [1.807, 2.05) is 24.4 Å². The zero-order chi connectivity index (χ0) is 23.2. The number of benzene rings is 1. The van der Waals surface area contributed by atoms with Crippen molar-refractivity contribution in [1.29, 1.82) is 0 Å². The molecule has 1 aromatic carbocycles. The van der Waals surface area contributed by atoms with E-state index in [1.165, 1.54) is 0 Å². The lowest BCUT2D eigenvalue weighted by Gasteiger charge is -2.31. The quantitative estimate of drug-likeness (QED) is 0.470. The summed E-state index contributed by atoms with van der Waals surface area (Å²) in [6.07, 6.45) is 5.03. The van der Waals surface area contributed by atoms with Gasteiger partial charge in [0.1, 0.15) is 22.9 Å². The molecule has 4 aromatic rings. The third-order valence-corrected chi connectivity index (χ3v) is 6.14. The Morgan fingerprint density at radius 2 is 2.00 bits per heavy atom. The van der Waals surface area contributed by atoms with E-state index < -0.39 is 0 Å². The van der Waals surface area contributed by atoms with Crippen LogP contribution in [0.1, 0.15) is 45.4 Å². The molecule has 33 heavy (non-hydrogen) atoms. The first-order valence-corrected chi connectivity index (χ1v) is 11.4. The smallest absolute Gasteiger partial charge is 0.409 e. The van der Waals surface area contributed by atoms with Crippen LogP contribution in [0.2, 0.25) is 0 Å². The number of piperidine rings is 1. The van der Waals surface area contributed by atoms with Gasteiger partial charge in [-0.3, -0.25) is 4.40 Å². The van der Waals surface area contributed by atoms with Gasteiger partial charge in [-0.2, -0.15) is 0 Å². The molecule has 0 aliphatic carbocycles. The largest absolute Gasteiger partial charge is 0.449 e. The van der Waals surface area contributed by atoms with Gasteiger partial charge in [0.15, 0.2) is 0 Å². The van der Waals surface area contributed by atoms with Crippen LogP contribution < -0.4 is 5.73 Å². The number of para-hydroxylation sites is 1. The van der Waals surface area contributed by atoms with Crippen LogP contribution in [-0.2, 0) is 4.74 Å². The number of nitrogens with two attached hydrogens (primary N) is 1. The van der Waals surface area contributed by atoms with Crippen molar-refractivity contribution in [3.63, 3.8) is 0 Å². The lowest BCUT2D eigenvalue weighted by atomic mass is 9.96. The van der Waals surface area contributed by atoms with Crippen LogP contribution in [0.3, 0.4) is 0 Å². The first-order chi connectivity index (χ1) is 15.8. The second-order valence-electron chi connectivity index (χ2n) is 10.00. The Kier molecular flexibility index (Phi) is 5.23. The predicted molar refractivity (Wildman–Crippen MR) is 129 cm³/mol. The Hall–Kier alpha value is -3.55. The van der Waals surface area contributed by atoms with Crippen LogP contribution in [0.25, 0.3) is 27.8 Å². The van der Waals surface area contributed by atoms with Gasteiger partial charge in [0.25, 0.3) is 0 Å². The van der Waals surface area contributed by atoms with Crippen LogP contribution in [0.4, 0.5) is 10.6 Å². The molecular formula is C25H30N6O2. The molecule has 0 atom stereocenters. The molecule has 1 aliphatic heterocycles. The molecule has 0 saturated carbocycles. The van der Waals surface area contributed by atoms with Gasteiger partial charge in [0.05, 0.1) is 12.3 Å². The molecule has 1 amide bonds. The van der Waals surface area contributed by atoms with Gasteiger partial charge in [-0.15, -0.1) is 0 Å². The molecule has 1 fully saturated rings. The first kappa shape index (κ1) is 21.3. The van der Waals surface area contributed by atoms with E-state index in [0.29, 0.717) is 25.5 Å². The maximum Gasteiger partial charge on any atom is 0.409 e. The fourth-order valence-corrected chi connectivity index (χ4v) is 4.45. The summed E-state index contributed by atoms with van der Waals surface area (Å²) >= 11 is 0. The Morgan fingerprint density at radius 3 is 2.73 bits per heavy atom. The molecular weight excluding hydrogens is 416 g/mol. The van der Waals surface area contributed by atoms with Crippen molar-refractivity contribution in [2.45, 2.75) is 39.5 Å². The highest BCUT2D eigenvalue weighted by atomic mass is 16.6. The number of aromatic amines is 1. The Labute approximate surface area is 192 Å². The Balaban J connectivity index is 1.42. The average Bonchev–Trinajstić information content (AvgIpc) is 3.39. The van der Waals surface area contributed by atoms with E-state index in [4.69, 9.17) is 15.5 Å². The molecule has 8 heteroatoms. The number of nitrogens with zero attached hydrogens (tertiary/aromatic N) is 4. The van der Waals surface area contributed by atoms with Crippen LogP contribution in [-0.4, -0.2) is 50.0 Å². The molecule has 0 bridgehead atoms. The molecule has 1 aliphatic rings. The third kappa shape index (κ3) is 4.13. The molecule has 5 rings (SSSR count). The second-order valence-corrected chi connectivity index (χ2v) is 10.00. The van der Waals surface area contributed by atoms with Gasteiger partial charge in [0, 0.05) is 42.3 Å². The summed E-state index contributed by atoms with van der Waals surface area (Å²) < 4.78 is 7.56. The summed E-state index contributed by atoms with van der Waals surface area (Å²) in [5.41, 5.74) is 9.85. The summed E-state index contributed by atoms with van der Waals surface area (Å²) in [6, 6.07) is 10.3. The highest BCUT2D eigenvalue weighted by Gasteiger charge is 2.29. The summed E-state index contributed by atoms with van der Waals surface area (Å²) in [7, 11) is 0. The van der Waals surface area contributed by atoms with Crippen LogP contribution in [0.5, 0.6) is 0 Å². The van der Waals surface area contributed by atoms with E-state index in [0.717, 1.165) is 46.5 Å². The summed E-state index contributed by atoms with van der Waals surface area (Å²) in [5.74, 6) is 1.62. The van der Waals surface area contributed by atoms with Gasteiger partial charge in [-0.1, -0.05) is 39.0 Å². The number of rotatable bonds is 3. The fraction of sp³-hybridized carbons (Fsp3) is 0.400. The number of H-pyrrole nitrogens is 1. The summed E-state index contributed by atoms with van der Waals surface area (Å²) in [5, 5.41) is 1.12. The lowest BCUT2D eigenvalue weighted by molar-refractivity contribution is 0.0651. The molecule has 0 unspecified atom stereocenters. The lowest BCUT2D eigenvalue weighted by Crippen LogP contribution is -2.39. The van der Waals surface area contributed by atoms with Gasteiger partial charge in [-0.25, -0.2) is 14.8 Å². The van der Waals surface area contributed by atoms with Gasteiger partial charge >= 0.3 is 6.09 Å². The molecule has 0 radical (unpaired) electrons. The number of carbonyl (C=O) groups is 1. The number of ether oxygens (including phenoxy) is 1. The van der Waals surface area contributed by atoms with Gasteiger partial charge in [-0.05, 0) is 30.4 Å².